The van der Waals surface area contributed by atoms with Gasteiger partial charge in [-0.2, -0.15) is 13.2 Å². The fourth-order valence-electron chi connectivity index (χ4n) is 1.74. The molecule has 0 heterocycles. The molecule has 1 rings (SSSR count). The molecule has 2 N–H and O–H groups in total. The molecule has 0 amide bonds. The van der Waals surface area contributed by atoms with Crippen molar-refractivity contribution in [3.05, 3.63) is 29.8 Å². The van der Waals surface area contributed by atoms with Gasteiger partial charge in [-0.3, -0.25) is 4.99 Å². The molecule has 0 radical (unpaired) electrons. The van der Waals surface area contributed by atoms with Gasteiger partial charge in [-0.05, 0) is 23.6 Å². The average molecular weight is 459 g/mol. The molecule has 0 saturated heterocycles. The third kappa shape index (κ3) is 10.6. The van der Waals surface area contributed by atoms with E-state index in [2.05, 4.69) is 29.5 Å². The highest BCUT2D eigenvalue weighted by Gasteiger charge is 2.26. The largest absolute Gasteiger partial charge is 0.493 e. The molecule has 0 fully saturated rings. The summed E-state index contributed by atoms with van der Waals surface area (Å²) in [6.07, 6.45) is -5.07. The van der Waals surface area contributed by atoms with Crippen molar-refractivity contribution in [1.29, 1.82) is 0 Å². The van der Waals surface area contributed by atoms with Crippen molar-refractivity contribution < 1.29 is 17.9 Å². The smallest absolute Gasteiger partial charge is 0.390 e. The maximum Gasteiger partial charge on any atom is 0.390 e. The van der Waals surface area contributed by atoms with Gasteiger partial charge in [0.15, 0.2) is 5.96 Å². The maximum absolute atomic E-state index is 12.1. The van der Waals surface area contributed by atoms with Gasteiger partial charge in [0.2, 0.25) is 0 Å². The van der Waals surface area contributed by atoms with Gasteiger partial charge in [-0.15, -0.1) is 24.0 Å². The Labute approximate surface area is 158 Å². The summed E-state index contributed by atoms with van der Waals surface area (Å²) >= 11 is 0. The fraction of sp³-hybridized carbons (Fsp3) is 0.562. The minimum Gasteiger partial charge on any atom is -0.493 e. The molecule has 0 unspecified atom stereocenters. The number of guanidine groups is 1. The van der Waals surface area contributed by atoms with E-state index in [0.717, 1.165) is 11.3 Å². The van der Waals surface area contributed by atoms with E-state index < -0.39 is 12.6 Å². The lowest BCUT2D eigenvalue weighted by molar-refractivity contribution is -0.132. The van der Waals surface area contributed by atoms with Crippen LogP contribution >= 0.6 is 24.0 Å². The summed E-state index contributed by atoms with van der Waals surface area (Å²) in [6, 6.07) is 7.57. The van der Waals surface area contributed by atoms with Gasteiger partial charge in [-0.1, -0.05) is 26.0 Å². The number of aliphatic imine (C=N–C) groups is 1. The number of hydrogen-bond donors (Lipinski definition) is 2. The quantitative estimate of drug-likeness (QED) is 0.369. The molecule has 8 heteroatoms. The standard InChI is InChI=1S/C16H24F3N3O.HI/c1-12(2)11-23-14-6-4-5-13(9-14)10-22-15(20-3)21-8-7-16(17,18)19;/h4-6,9,12H,7-8,10-11H2,1-3H3,(H2,20,21,22);1H. The van der Waals surface area contributed by atoms with E-state index in [9.17, 15) is 13.2 Å². The lowest BCUT2D eigenvalue weighted by atomic mass is 10.2. The van der Waals surface area contributed by atoms with E-state index in [-0.39, 0.29) is 30.5 Å². The second-order valence-corrected chi connectivity index (χ2v) is 5.57. The van der Waals surface area contributed by atoms with Crippen molar-refractivity contribution in [2.24, 2.45) is 10.9 Å². The van der Waals surface area contributed by atoms with Crippen LogP contribution in [0.5, 0.6) is 5.75 Å². The van der Waals surface area contributed by atoms with Crippen LogP contribution in [0.25, 0.3) is 0 Å². The van der Waals surface area contributed by atoms with Gasteiger partial charge in [0, 0.05) is 20.1 Å². The summed E-state index contributed by atoms with van der Waals surface area (Å²) < 4.78 is 42.0. The molecule has 0 aliphatic heterocycles. The van der Waals surface area contributed by atoms with Gasteiger partial charge in [0.05, 0.1) is 13.0 Å². The van der Waals surface area contributed by atoms with E-state index in [1.807, 2.05) is 24.3 Å². The first-order valence-electron chi connectivity index (χ1n) is 7.53. The monoisotopic (exact) mass is 459 g/mol. The first-order valence-corrected chi connectivity index (χ1v) is 7.53. The van der Waals surface area contributed by atoms with Crippen LogP contribution in [0.3, 0.4) is 0 Å². The second-order valence-electron chi connectivity index (χ2n) is 5.57. The first kappa shape index (κ1) is 22.8. The summed E-state index contributed by atoms with van der Waals surface area (Å²) in [4.78, 5) is 3.90. The first-order chi connectivity index (χ1) is 10.8. The number of rotatable bonds is 7. The van der Waals surface area contributed by atoms with Crippen LogP contribution < -0.4 is 15.4 Å². The Balaban J connectivity index is 0.00000529. The highest BCUT2D eigenvalue weighted by molar-refractivity contribution is 14.0. The molecular formula is C16H25F3IN3O. The summed E-state index contributed by atoms with van der Waals surface area (Å²) in [5.74, 6) is 1.55. The van der Waals surface area contributed by atoms with E-state index in [0.29, 0.717) is 25.0 Å². The Morgan fingerprint density at radius 1 is 1.25 bits per heavy atom. The number of alkyl halides is 3. The predicted molar refractivity (Wildman–Crippen MR) is 101 cm³/mol. The third-order valence-corrected chi connectivity index (χ3v) is 2.87. The number of hydrogen-bond acceptors (Lipinski definition) is 2. The third-order valence-electron chi connectivity index (χ3n) is 2.87. The molecule has 24 heavy (non-hydrogen) atoms. The molecule has 0 aromatic heterocycles. The molecule has 1 aromatic carbocycles. The number of halogens is 4. The number of benzene rings is 1. The number of nitrogens with zero attached hydrogens (tertiary/aromatic N) is 1. The van der Waals surface area contributed by atoms with E-state index in [1.165, 1.54) is 7.05 Å². The lowest BCUT2D eigenvalue weighted by Gasteiger charge is -2.14. The molecule has 0 bridgehead atoms. The number of nitrogens with one attached hydrogen (secondary N) is 2. The van der Waals surface area contributed by atoms with E-state index in [1.54, 1.807) is 0 Å². The summed E-state index contributed by atoms with van der Waals surface area (Å²) in [7, 11) is 1.52. The Bertz CT molecular complexity index is 508. The zero-order valence-electron chi connectivity index (χ0n) is 14.1. The lowest BCUT2D eigenvalue weighted by Crippen LogP contribution is -2.38. The molecule has 0 aliphatic carbocycles. The van der Waals surface area contributed by atoms with Gasteiger partial charge in [0.25, 0.3) is 0 Å². The Morgan fingerprint density at radius 2 is 1.96 bits per heavy atom. The Morgan fingerprint density at radius 3 is 2.54 bits per heavy atom. The highest BCUT2D eigenvalue weighted by Crippen LogP contribution is 2.18. The van der Waals surface area contributed by atoms with Gasteiger partial charge < -0.3 is 15.4 Å². The van der Waals surface area contributed by atoms with Crippen LogP contribution in [0.1, 0.15) is 25.8 Å². The highest BCUT2D eigenvalue weighted by atomic mass is 127. The van der Waals surface area contributed by atoms with Crippen LogP contribution in [0.2, 0.25) is 0 Å². The second kappa shape index (κ2) is 11.4. The summed E-state index contributed by atoms with van der Waals surface area (Å²) in [5.41, 5.74) is 0.963. The minimum atomic E-state index is -4.17. The van der Waals surface area contributed by atoms with E-state index in [4.69, 9.17) is 4.74 Å². The molecular weight excluding hydrogens is 434 g/mol. The zero-order chi connectivity index (χ0) is 17.3. The fourth-order valence-corrected chi connectivity index (χ4v) is 1.74. The van der Waals surface area contributed by atoms with Crippen molar-refractivity contribution >= 4 is 29.9 Å². The Hall–Kier alpha value is -1.19. The predicted octanol–water partition coefficient (Wildman–Crippen LogP) is 3.96. The van der Waals surface area contributed by atoms with Crippen LogP contribution in [0.15, 0.2) is 29.3 Å². The van der Waals surface area contributed by atoms with Crippen molar-refractivity contribution in [1.82, 2.24) is 10.6 Å². The molecule has 0 saturated carbocycles. The van der Waals surface area contributed by atoms with Crippen LogP contribution in [-0.2, 0) is 6.54 Å². The van der Waals surface area contributed by atoms with Crippen molar-refractivity contribution in [3.8, 4) is 5.75 Å². The molecule has 0 atom stereocenters. The van der Waals surface area contributed by atoms with Crippen molar-refractivity contribution in [2.45, 2.75) is 33.0 Å². The van der Waals surface area contributed by atoms with Crippen LogP contribution in [-0.4, -0.2) is 32.3 Å². The summed E-state index contributed by atoms with van der Waals surface area (Å²) in [5, 5.41) is 5.62. The van der Waals surface area contributed by atoms with Gasteiger partial charge in [-0.25, -0.2) is 0 Å². The zero-order valence-corrected chi connectivity index (χ0v) is 16.4. The van der Waals surface area contributed by atoms with Gasteiger partial charge in [0.1, 0.15) is 5.75 Å². The van der Waals surface area contributed by atoms with E-state index >= 15 is 0 Å². The molecule has 1 aromatic rings. The molecule has 0 aliphatic rings. The SMILES string of the molecule is CN=C(NCCC(F)(F)F)NCc1cccc(OCC(C)C)c1.I. The average Bonchev–Trinajstić information content (AvgIpc) is 2.48. The van der Waals surface area contributed by atoms with Crippen molar-refractivity contribution in [2.75, 3.05) is 20.2 Å². The molecule has 4 nitrogen and oxygen atoms in total. The molecule has 138 valence electrons. The van der Waals surface area contributed by atoms with Crippen LogP contribution in [0, 0.1) is 5.92 Å². The maximum atomic E-state index is 12.1. The number of ether oxygens (including phenoxy) is 1. The summed E-state index contributed by atoms with van der Waals surface area (Å²) in [6.45, 7) is 5.02. The minimum absolute atomic E-state index is 0. The van der Waals surface area contributed by atoms with Gasteiger partial charge >= 0.3 is 6.18 Å². The Kier molecular flexibility index (Phi) is 10.8. The topological polar surface area (TPSA) is 45.7 Å². The molecule has 0 spiro atoms. The van der Waals surface area contributed by atoms with Crippen LogP contribution in [0.4, 0.5) is 13.2 Å². The van der Waals surface area contributed by atoms with Crippen molar-refractivity contribution in [3.63, 3.8) is 0 Å². The normalized spacial score (nSPS) is 11.9.